The summed E-state index contributed by atoms with van der Waals surface area (Å²) in [6.07, 6.45) is 0.590. The lowest BCUT2D eigenvalue weighted by Crippen LogP contribution is -2.45. The van der Waals surface area contributed by atoms with Crippen LogP contribution in [0.2, 0.25) is 0 Å². The quantitative estimate of drug-likeness (QED) is 0.669. The van der Waals surface area contributed by atoms with Gasteiger partial charge in [0.15, 0.2) is 0 Å². The standard InChI is InChI=1S/C16H24N2O6S/c1-6-10(2)15(16(20)24-5)18-25(21,22)12-7-8-13(17-11(3)19)14(9-12)23-4/h7-10,15,18H,6H2,1-5H3,(H,17,19). The zero-order valence-corrected chi connectivity index (χ0v) is 15.8. The average Bonchev–Trinajstić information content (AvgIpc) is 2.58. The number of anilines is 1. The topological polar surface area (TPSA) is 111 Å². The Labute approximate surface area is 147 Å². The molecule has 0 saturated heterocycles. The Morgan fingerprint density at radius 1 is 1.24 bits per heavy atom. The molecule has 2 unspecified atom stereocenters. The molecular weight excluding hydrogens is 348 g/mol. The lowest BCUT2D eigenvalue weighted by molar-refractivity contribution is -0.143. The highest BCUT2D eigenvalue weighted by Crippen LogP contribution is 2.28. The smallest absolute Gasteiger partial charge is 0.324 e. The molecule has 0 bridgehead atoms. The molecule has 0 aliphatic rings. The number of ether oxygens (including phenoxy) is 2. The van der Waals surface area contributed by atoms with Crippen LogP contribution in [0.25, 0.3) is 0 Å². The van der Waals surface area contributed by atoms with Gasteiger partial charge in [0.05, 0.1) is 24.8 Å². The third-order valence-electron chi connectivity index (χ3n) is 3.74. The molecular formula is C16H24N2O6S. The van der Waals surface area contributed by atoms with Crippen molar-refractivity contribution in [1.82, 2.24) is 4.72 Å². The van der Waals surface area contributed by atoms with E-state index in [1.165, 1.54) is 39.3 Å². The molecule has 0 fully saturated rings. The second-order valence-electron chi connectivity index (χ2n) is 5.55. The summed E-state index contributed by atoms with van der Waals surface area (Å²) in [7, 11) is -1.42. The van der Waals surface area contributed by atoms with E-state index in [1.807, 2.05) is 6.92 Å². The van der Waals surface area contributed by atoms with E-state index in [0.717, 1.165) is 0 Å². The minimum Gasteiger partial charge on any atom is -0.495 e. The van der Waals surface area contributed by atoms with Gasteiger partial charge in [-0.15, -0.1) is 0 Å². The first-order valence-corrected chi connectivity index (χ1v) is 9.20. The molecule has 140 valence electrons. The maximum Gasteiger partial charge on any atom is 0.324 e. The largest absolute Gasteiger partial charge is 0.495 e. The second kappa shape index (κ2) is 8.82. The SMILES string of the molecule is CCC(C)C(NS(=O)(=O)c1ccc(NC(C)=O)c(OC)c1)C(=O)OC. The number of amides is 1. The summed E-state index contributed by atoms with van der Waals surface area (Å²) >= 11 is 0. The number of hydrogen-bond acceptors (Lipinski definition) is 6. The Morgan fingerprint density at radius 2 is 1.88 bits per heavy atom. The maximum atomic E-state index is 12.6. The third-order valence-corrected chi connectivity index (χ3v) is 5.18. The van der Waals surface area contributed by atoms with Crippen molar-refractivity contribution in [2.75, 3.05) is 19.5 Å². The van der Waals surface area contributed by atoms with Crippen LogP contribution in [-0.2, 0) is 24.3 Å². The van der Waals surface area contributed by atoms with Crippen LogP contribution < -0.4 is 14.8 Å². The van der Waals surface area contributed by atoms with E-state index in [2.05, 4.69) is 14.8 Å². The number of benzene rings is 1. The fourth-order valence-corrected chi connectivity index (χ4v) is 3.43. The number of methoxy groups -OCH3 is 2. The van der Waals surface area contributed by atoms with Gasteiger partial charge >= 0.3 is 5.97 Å². The molecule has 0 saturated carbocycles. The minimum absolute atomic E-state index is 0.0874. The highest BCUT2D eigenvalue weighted by atomic mass is 32.2. The molecule has 1 amide bonds. The van der Waals surface area contributed by atoms with E-state index in [9.17, 15) is 18.0 Å². The van der Waals surface area contributed by atoms with Crippen LogP contribution in [0.5, 0.6) is 5.75 Å². The zero-order valence-electron chi connectivity index (χ0n) is 15.0. The fourth-order valence-electron chi connectivity index (χ4n) is 2.13. The molecule has 25 heavy (non-hydrogen) atoms. The van der Waals surface area contributed by atoms with Crippen molar-refractivity contribution >= 4 is 27.6 Å². The molecule has 1 aromatic carbocycles. The number of nitrogens with one attached hydrogen (secondary N) is 2. The van der Waals surface area contributed by atoms with E-state index >= 15 is 0 Å². The average molecular weight is 372 g/mol. The van der Waals surface area contributed by atoms with Crippen molar-refractivity contribution in [3.05, 3.63) is 18.2 Å². The van der Waals surface area contributed by atoms with Crippen LogP contribution in [0.3, 0.4) is 0 Å². The summed E-state index contributed by atoms with van der Waals surface area (Å²) in [6, 6.07) is 3.02. The number of hydrogen-bond donors (Lipinski definition) is 2. The molecule has 8 nitrogen and oxygen atoms in total. The predicted octanol–water partition coefficient (Wildman–Crippen LogP) is 1.52. The summed E-state index contributed by atoms with van der Waals surface area (Å²) in [5.41, 5.74) is 0.348. The van der Waals surface area contributed by atoms with Gasteiger partial charge < -0.3 is 14.8 Å². The van der Waals surface area contributed by atoms with E-state index in [-0.39, 0.29) is 22.5 Å². The van der Waals surface area contributed by atoms with Crippen molar-refractivity contribution in [2.45, 2.75) is 38.1 Å². The van der Waals surface area contributed by atoms with Crippen molar-refractivity contribution < 1.29 is 27.5 Å². The molecule has 2 N–H and O–H groups in total. The van der Waals surface area contributed by atoms with Crippen molar-refractivity contribution in [3.63, 3.8) is 0 Å². The minimum atomic E-state index is -3.99. The number of esters is 1. The highest BCUT2D eigenvalue weighted by molar-refractivity contribution is 7.89. The normalized spacial score (nSPS) is 13.6. The van der Waals surface area contributed by atoms with E-state index in [1.54, 1.807) is 6.92 Å². The van der Waals surface area contributed by atoms with E-state index in [0.29, 0.717) is 12.1 Å². The van der Waals surface area contributed by atoms with Crippen LogP contribution in [0, 0.1) is 5.92 Å². The summed E-state index contributed by atoms with van der Waals surface area (Å²) in [5, 5.41) is 2.55. The highest BCUT2D eigenvalue weighted by Gasteiger charge is 2.30. The van der Waals surface area contributed by atoms with Crippen LogP contribution in [-0.4, -0.2) is 40.6 Å². The molecule has 0 aliphatic carbocycles. The summed E-state index contributed by atoms with van der Waals surface area (Å²) in [4.78, 5) is 23.0. The first kappa shape index (κ1) is 20.9. The number of rotatable bonds is 8. The van der Waals surface area contributed by atoms with Crippen LogP contribution >= 0.6 is 0 Å². The zero-order chi connectivity index (χ0) is 19.2. The van der Waals surface area contributed by atoms with E-state index < -0.39 is 22.0 Å². The van der Waals surface area contributed by atoms with Gasteiger partial charge in [0.1, 0.15) is 11.8 Å². The van der Waals surface area contributed by atoms with Crippen LogP contribution in [0.15, 0.2) is 23.1 Å². The second-order valence-corrected chi connectivity index (χ2v) is 7.26. The Kier molecular flexibility index (Phi) is 7.38. The molecule has 0 aromatic heterocycles. The lowest BCUT2D eigenvalue weighted by Gasteiger charge is -2.22. The maximum absolute atomic E-state index is 12.6. The first-order valence-electron chi connectivity index (χ1n) is 7.72. The Bertz CT molecular complexity index is 732. The Morgan fingerprint density at radius 3 is 2.36 bits per heavy atom. The van der Waals surface area contributed by atoms with Crippen molar-refractivity contribution in [2.24, 2.45) is 5.92 Å². The molecule has 1 rings (SSSR count). The third kappa shape index (κ3) is 5.43. The number of sulfonamides is 1. The van der Waals surface area contributed by atoms with Crippen LogP contribution in [0.1, 0.15) is 27.2 Å². The van der Waals surface area contributed by atoms with Gasteiger partial charge in [0.25, 0.3) is 0 Å². The molecule has 0 heterocycles. The molecule has 9 heteroatoms. The Hall–Kier alpha value is -2.13. The van der Waals surface area contributed by atoms with Gasteiger partial charge in [-0.25, -0.2) is 8.42 Å². The number of carbonyl (C=O) groups is 2. The van der Waals surface area contributed by atoms with Gasteiger partial charge in [-0.2, -0.15) is 4.72 Å². The van der Waals surface area contributed by atoms with Crippen LogP contribution in [0.4, 0.5) is 5.69 Å². The van der Waals surface area contributed by atoms with Crippen molar-refractivity contribution in [1.29, 1.82) is 0 Å². The fraction of sp³-hybridized carbons (Fsp3) is 0.500. The lowest BCUT2D eigenvalue weighted by atomic mass is 10.0. The van der Waals surface area contributed by atoms with Gasteiger partial charge in [0, 0.05) is 13.0 Å². The molecule has 0 radical (unpaired) electrons. The van der Waals surface area contributed by atoms with Gasteiger partial charge in [0.2, 0.25) is 15.9 Å². The van der Waals surface area contributed by atoms with Crippen molar-refractivity contribution in [3.8, 4) is 5.75 Å². The molecule has 0 aliphatic heterocycles. The van der Waals surface area contributed by atoms with E-state index in [4.69, 9.17) is 4.74 Å². The summed E-state index contributed by atoms with van der Waals surface area (Å²) in [6.45, 7) is 4.93. The molecule has 1 aromatic rings. The summed E-state index contributed by atoms with van der Waals surface area (Å²) < 4.78 is 37.4. The summed E-state index contributed by atoms with van der Waals surface area (Å²) in [5.74, 6) is -1.02. The number of carbonyl (C=O) groups excluding carboxylic acids is 2. The van der Waals surface area contributed by atoms with Gasteiger partial charge in [-0.3, -0.25) is 9.59 Å². The first-order chi connectivity index (χ1) is 11.7. The van der Waals surface area contributed by atoms with Gasteiger partial charge in [-0.1, -0.05) is 20.3 Å². The Balaban J connectivity index is 3.20. The molecule has 0 spiro atoms. The molecule has 2 atom stereocenters. The predicted molar refractivity (Wildman–Crippen MR) is 92.9 cm³/mol. The monoisotopic (exact) mass is 372 g/mol. The van der Waals surface area contributed by atoms with Gasteiger partial charge in [-0.05, 0) is 18.1 Å².